The summed E-state index contributed by atoms with van der Waals surface area (Å²) in [6.07, 6.45) is -0.747. The van der Waals surface area contributed by atoms with Crippen molar-refractivity contribution in [1.29, 1.82) is 0 Å². The van der Waals surface area contributed by atoms with Crippen LogP contribution in [0.25, 0.3) is 0 Å². The number of ether oxygens (including phenoxy) is 1. The summed E-state index contributed by atoms with van der Waals surface area (Å²) in [4.78, 5) is 11.3. The second-order valence-corrected chi connectivity index (χ2v) is 5.53. The van der Waals surface area contributed by atoms with Crippen LogP contribution in [0.3, 0.4) is 0 Å². The van der Waals surface area contributed by atoms with Crippen LogP contribution < -0.4 is 4.74 Å². The van der Waals surface area contributed by atoms with Crippen molar-refractivity contribution < 1.29 is 14.6 Å². The Bertz CT molecular complexity index is 638. The summed E-state index contributed by atoms with van der Waals surface area (Å²) in [5.74, 6) is -0.563. The molecule has 0 fully saturated rings. The highest BCUT2D eigenvalue weighted by Gasteiger charge is 2.20. The summed E-state index contributed by atoms with van der Waals surface area (Å²) >= 11 is 11.8. The molecule has 3 nitrogen and oxygen atoms in total. The summed E-state index contributed by atoms with van der Waals surface area (Å²) in [5, 5.41) is 10.5. The molecule has 2 aromatic carbocycles. The smallest absolute Gasteiger partial charge is 0.345 e. The fourth-order valence-corrected chi connectivity index (χ4v) is 2.16. The molecule has 110 valence electrons. The van der Waals surface area contributed by atoms with Crippen molar-refractivity contribution in [3.63, 3.8) is 0 Å². The highest BCUT2D eigenvalue weighted by atomic mass is 35.5. The van der Waals surface area contributed by atoms with Crippen LogP contribution in [0.2, 0.25) is 10.0 Å². The van der Waals surface area contributed by atoms with Crippen molar-refractivity contribution in [1.82, 2.24) is 0 Å². The Balaban J connectivity index is 2.13. The summed E-state index contributed by atoms with van der Waals surface area (Å²) in [6.45, 7) is 1.89. The average molecular weight is 325 g/mol. The molecular weight excluding hydrogens is 311 g/mol. The molecule has 5 heteroatoms. The SMILES string of the molecule is Cc1ccc(C[C@H](Oc2ccc(Cl)cc2)C(=O)O)cc1Cl. The number of carbonyl (C=O) groups is 1. The lowest BCUT2D eigenvalue weighted by molar-refractivity contribution is -0.145. The molecule has 0 saturated carbocycles. The molecule has 2 aromatic rings. The molecule has 0 heterocycles. The molecule has 21 heavy (non-hydrogen) atoms. The fourth-order valence-electron chi connectivity index (χ4n) is 1.83. The van der Waals surface area contributed by atoms with E-state index in [1.54, 1.807) is 30.3 Å². The molecule has 2 rings (SSSR count). The van der Waals surface area contributed by atoms with Gasteiger partial charge in [-0.15, -0.1) is 0 Å². The quantitative estimate of drug-likeness (QED) is 0.887. The van der Waals surface area contributed by atoms with Gasteiger partial charge in [0, 0.05) is 16.5 Å². The van der Waals surface area contributed by atoms with E-state index in [1.807, 2.05) is 19.1 Å². The first-order valence-corrected chi connectivity index (χ1v) is 7.11. The second-order valence-electron chi connectivity index (χ2n) is 4.69. The zero-order valence-corrected chi connectivity index (χ0v) is 12.9. The minimum Gasteiger partial charge on any atom is -0.478 e. The standard InChI is InChI=1S/C16H14Cl2O3/c1-10-2-3-11(8-14(10)18)9-15(16(19)20)21-13-6-4-12(17)5-7-13/h2-8,15H,9H2,1H3,(H,19,20)/t15-/m0/s1. The molecule has 0 saturated heterocycles. The Labute approximate surface area is 133 Å². The maximum absolute atomic E-state index is 11.3. The van der Waals surface area contributed by atoms with Gasteiger partial charge in [0.1, 0.15) is 5.75 Å². The number of aryl methyl sites for hydroxylation is 1. The van der Waals surface area contributed by atoms with Gasteiger partial charge in [0.25, 0.3) is 0 Å². The first-order chi connectivity index (χ1) is 9.95. The highest BCUT2D eigenvalue weighted by molar-refractivity contribution is 6.31. The van der Waals surface area contributed by atoms with E-state index >= 15 is 0 Å². The van der Waals surface area contributed by atoms with Crippen molar-refractivity contribution in [2.75, 3.05) is 0 Å². The Morgan fingerprint density at radius 3 is 2.43 bits per heavy atom. The van der Waals surface area contributed by atoms with E-state index in [-0.39, 0.29) is 6.42 Å². The summed E-state index contributed by atoms with van der Waals surface area (Å²) < 4.78 is 5.50. The molecule has 0 unspecified atom stereocenters. The zero-order valence-electron chi connectivity index (χ0n) is 11.3. The number of halogens is 2. The van der Waals surface area contributed by atoms with Crippen LogP contribution in [-0.4, -0.2) is 17.2 Å². The maximum atomic E-state index is 11.3. The first kappa shape index (κ1) is 15.7. The third kappa shape index (κ3) is 4.38. The van der Waals surface area contributed by atoms with E-state index in [4.69, 9.17) is 27.9 Å². The summed E-state index contributed by atoms with van der Waals surface area (Å²) in [5.41, 5.74) is 1.76. The third-order valence-electron chi connectivity index (χ3n) is 3.02. The average Bonchev–Trinajstić information content (AvgIpc) is 2.44. The topological polar surface area (TPSA) is 46.5 Å². The zero-order chi connectivity index (χ0) is 15.4. The molecule has 0 aliphatic heterocycles. The summed E-state index contributed by atoms with van der Waals surface area (Å²) in [6, 6.07) is 12.1. The molecule has 1 N–H and O–H groups in total. The number of aliphatic carboxylic acids is 1. The predicted octanol–water partition coefficient (Wildman–Crippen LogP) is 4.38. The van der Waals surface area contributed by atoms with Gasteiger partial charge in [-0.2, -0.15) is 0 Å². The minimum atomic E-state index is -1.03. The van der Waals surface area contributed by atoms with Gasteiger partial charge in [-0.1, -0.05) is 35.3 Å². The van der Waals surface area contributed by atoms with Crippen LogP contribution >= 0.6 is 23.2 Å². The van der Waals surface area contributed by atoms with Crippen molar-refractivity contribution in [2.45, 2.75) is 19.4 Å². The number of benzene rings is 2. The monoisotopic (exact) mass is 324 g/mol. The van der Waals surface area contributed by atoms with E-state index in [2.05, 4.69) is 0 Å². The van der Waals surface area contributed by atoms with E-state index in [9.17, 15) is 9.90 Å². The largest absolute Gasteiger partial charge is 0.478 e. The molecule has 0 aromatic heterocycles. The Hall–Kier alpha value is -1.71. The lowest BCUT2D eigenvalue weighted by Crippen LogP contribution is -2.29. The van der Waals surface area contributed by atoms with Gasteiger partial charge in [-0.25, -0.2) is 4.79 Å². The summed E-state index contributed by atoms with van der Waals surface area (Å²) in [7, 11) is 0. The van der Waals surface area contributed by atoms with Gasteiger partial charge in [0.05, 0.1) is 0 Å². The Morgan fingerprint density at radius 2 is 1.86 bits per heavy atom. The van der Waals surface area contributed by atoms with Crippen LogP contribution in [0.15, 0.2) is 42.5 Å². The van der Waals surface area contributed by atoms with Gasteiger partial charge < -0.3 is 9.84 Å². The fraction of sp³-hybridized carbons (Fsp3) is 0.188. The molecule has 0 aliphatic rings. The normalized spacial score (nSPS) is 12.0. The van der Waals surface area contributed by atoms with Gasteiger partial charge in [0.2, 0.25) is 0 Å². The van der Waals surface area contributed by atoms with Gasteiger partial charge in [-0.05, 0) is 48.4 Å². The molecule has 0 bridgehead atoms. The Kier molecular flexibility index (Phi) is 5.10. The van der Waals surface area contributed by atoms with Crippen molar-refractivity contribution >= 4 is 29.2 Å². The number of carboxylic acid groups (broad SMARTS) is 1. The van der Waals surface area contributed by atoms with Gasteiger partial charge in [0.15, 0.2) is 6.10 Å². The maximum Gasteiger partial charge on any atom is 0.345 e. The van der Waals surface area contributed by atoms with Crippen molar-refractivity contribution in [2.24, 2.45) is 0 Å². The predicted molar refractivity (Wildman–Crippen MR) is 83.4 cm³/mol. The van der Waals surface area contributed by atoms with E-state index in [0.29, 0.717) is 15.8 Å². The molecule has 0 spiro atoms. The molecule has 0 amide bonds. The highest BCUT2D eigenvalue weighted by Crippen LogP contribution is 2.21. The van der Waals surface area contributed by atoms with Crippen LogP contribution in [0.5, 0.6) is 5.75 Å². The molecular formula is C16H14Cl2O3. The van der Waals surface area contributed by atoms with Crippen molar-refractivity contribution in [3.8, 4) is 5.75 Å². The van der Waals surface area contributed by atoms with E-state index in [1.165, 1.54) is 0 Å². The second kappa shape index (κ2) is 6.83. The van der Waals surface area contributed by atoms with Gasteiger partial charge in [-0.3, -0.25) is 0 Å². The lowest BCUT2D eigenvalue weighted by atomic mass is 10.1. The number of hydrogen-bond acceptors (Lipinski definition) is 2. The molecule has 1 atom stereocenters. The number of hydrogen-bond donors (Lipinski definition) is 1. The Morgan fingerprint density at radius 1 is 1.19 bits per heavy atom. The lowest BCUT2D eigenvalue weighted by Gasteiger charge is -2.15. The van der Waals surface area contributed by atoms with E-state index < -0.39 is 12.1 Å². The number of carboxylic acids is 1. The van der Waals surface area contributed by atoms with Gasteiger partial charge >= 0.3 is 5.97 Å². The van der Waals surface area contributed by atoms with Crippen LogP contribution in [0, 0.1) is 6.92 Å². The minimum absolute atomic E-state index is 0.234. The third-order valence-corrected chi connectivity index (χ3v) is 3.68. The van der Waals surface area contributed by atoms with Crippen LogP contribution in [-0.2, 0) is 11.2 Å². The van der Waals surface area contributed by atoms with Crippen LogP contribution in [0.4, 0.5) is 0 Å². The number of rotatable bonds is 5. The first-order valence-electron chi connectivity index (χ1n) is 6.36. The van der Waals surface area contributed by atoms with Crippen LogP contribution in [0.1, 0.15) is 11.1 Å². The van der Waals surface area contributed by atoms with Crippen molar-refractivity contribution in [3.05, 3.63) is 63.6 Å². The van der Waals surface area contributed by atoms with E-state index in [0.717, 1.165) is 11.1 Å². The molecule has 0 radical (unpaired) electrons. The molecule has 0 aliphatic carbocycles.